The quantitative estimate of drug-likeness (QED) is 0.0490. The number of aromatic carboxylic acids is 1. The summed E-state index contributed by atoms with van der Waals surface area (Å²) in [4.78, 5) is 30.8. The molecule has 3 aliphatic rings. The highest BCUT2D eigenvalue weighted by atomic mass is 32.2. The van der Waals surface area contributed by atoms with E-state index < -0.39 is 94.9 Å². The van der Waals surface area contributed by atoms with Gasteiger partial charge in [0.05, 0.1) is 27.6 Å². The molecule has 0 fully saturated rings. The van der Waals surface area contributed by atoms with Crippen LogP contribution in [0, 0.1) is 23.3 Å². The van der Waals surface area contributed by atoms with Gasteiger partial charge in [0.15, 0.2) is 11.6 Å². The number of carbonyl (C=O) groups excluding carboxylic acids is 1. The molecule has 0 aliphatic carbocycles. The standard InChI is InChI=1S/C39H30F4N2O11S2/c1-38(2)13-18(15-57(49,50)51)21-8-24-30(11-28(21)44-38)55-31-12-29-22(19(16-58(52,53)54)14-39(3,4)45-29)9-25(31)32(24)20-6-5-17(7-23(20)36(46)47)37(48)56-35-33(42)26(40)10-27(41)34(35)43/h5-14,44H,15-16H2,1-4H3,(H,46,47)(H,49,50,51)(H,52,53,54). The summed E-state index contributed by atoms with van der Waals surface area (Å²) >= 11 is 0. The van der Waals surface area contributed by atoms with Crippen molar-refractivity contribution in [2.75, 3.05) is 16.8 Å². The third-order valence-corrected chi connectivity index (χ3v) is 10.6. The number of anilines is 1. The molecule has 4 aromatic carbocycles. The fraction of sp³-hybridized carbons (Fsp3) is 0.205. The average Bonchev–Trinajstić information content (AvgIpc) is 3.07. The Balaban J connectivity index is 1.51. The number of carboxylic acids is 1. The third-order valence-electron chi connectivity index (χ3n) is 9.29. The normalized spacial score (nSPS) is 16.2. The minimum absolute atomic E-state index is 0.0792. The fourth-order valence-corrected chi connectivity index (χ4v) is 8.48. The van der Waals surface area contributed by atoms with Crippen molar-refractivity contribution < 1.29 is 67.7 Å². The first-order valence-corrected chi connectivity index (χ1v) is 20.2. The number of rotatable bonds is 8. The first kappa shape index (κ1) is 40.3. The second-order valence-electron chi connectivity index (χ2n) is 14.9. The van der Waals surface area contributed by atoms with Crippen LogP contribution in [0.3, 0.4) is 0 Å². The Bertz CT molecular complexity index is 2950. The lowest BCUT2D eigenvalue weighted by Crippen LogP contribution is -2.33. The van der Waals surface area contributed by atoms with E-state index in [9.17, 15) is 58.2 Å². The highest BCUT2D eigenvalue weighted by Crippen LogP contribution is 2.45. The largest absolute Gasteiger partial charge is 0.478 e. The van der Waals surface area contributed by atoms with Gasteiger partial charge in [0.2, 0.25) is 17.4 Å². The summed E-state index contributed by atoms with van der Waals surface area (Å²) in [7, 11) is -9.19. The van der Waals surface area contributed by atoms with Gasteiger partial charge in [-0.05, 0) is 68.7 Å². The molecule has 4 aromatic rings. The topological polar surface area (TPSA) is 206 Å². The van der Waals surface area contributed by atoms with Crippen LogP contribution >= 0.6 is 0 Å². The lowest BCUT2D eigenvalue weighted by atomic mass is 9.84. The maximum absolute atomic E-state index is 14.4. The van der Waals surface area contributed by atoms with Crippen molar-refractivity contribution in [2.24, 2.45) is 4.99 Å². The van der Waals surface area contributed by atoms with Gasteiger partial charge in [-0.15, -0.1) is 0 Å². The number of nitrogens with one attached hydrogen (secondary N) is 1. The van der Waals surface area contributed by atoms with Gasteiger partial charge in [-0.2, -0.15) is 25.6 Å². The zero-order chi connectivity index (χ0) is 42.4. The predicted octanol–water partition coefficient (Wildman–Crippen LogP) is 5.67. The van der Waals surface area contributed by atoms with Gasteiger partial charge in [-0.25, -0.2) is 18.4 Å². The van der Waals surface area contributed by atoms with Gasteiger partial charge in [-0.1, -0.05) is 18.2 Å². The van der Waals surface area contributed by atoms with E-state index in [4.69, 9.17) is 9.73 Å². The summed E-state index contributed by atoms with van der Waals surface area (Å²) < 4.78 is 136. The second kappa shape index (κ2) is 13.6. The molecule has 0 bridgehead atoms. The number of esters is 1. The van der Waals surface area contributed by atoms with Crippen LogP contribution in [0.25, 0.3) is 16.7 Å². The molecule has 0 amide bonds. The molecule has 0 aromatic heterocycles. The smallest absolute Gasteiger partial charge is 0.343 e. The number of carboxylic acid groups (broad SMARTS) is 1. The number of benzene rings is 4. The minimum atomic E-state index is -4.60. The van der Waals surface area contributed by atoms with Crippen LogP contribution < -0.4 is 25.4 Å². The van der Waals surface area contributed by atoms with Crippen molar-refractivity contribution in [2.45, 2.75) is 38.8 Å². The lowest BCUT2D eigenvalue weighted by Gasteiger charge is -2.34. The van der Waals surface area contributed by atoms with Crippen LogP contribution in [-0.4, -0.2) is 65.6 Å². The van der Waals surface area contributed by atoms with E-state index in [1.807, 2.05) is 0 Å². The van der Waals surface area contributed by atoms with E-state index in [2.05, 4.69) is 10.1 Å². The Kier molecular flexibility index (Phi) is 9.46. The maximum atomic E-state index is 14.4. The number of hydrogen-bond donors (Lipinski definition) is 4. The highest BCUT2D eigenvalue weighted by Gasteiger charge is 2.34. The molecule has 4 N–H and O–H groups in total. The second-order valence-corrected chi connectivity index (χ2v) is 17.8. The van der Waals surface area contributed by atoms with Crippen LogP contribution in [0.1, 0.15) is 70.7 Å². The molecule has 0 atom stereocenters. The molecule has 0 unspecified atom stereocenters. The van der Waals surface area contributed by atoms with Gasteiger partial charge in [0, 0.05) is 51.4 Å². The van der Waals surface area contributed by atoms with Crippen molar-refractivity contribution in [1.29, 1.82) is 0 Å². The van der Waals surface area contributed by atoms with Crippen molar-refractivity contribution in [3.8, 4) is 17.2 Å². The van der Waals surface area contributed by atoms with Crippen LogP contribution in [0.5, 0.6) is 17.2 Å². The van der Waals surface area contributed by atoms with E-state index >= 15 is 0 Å². The Morgan fingerprint density at radius 2 is 1.40 bits per heavy atom. The van der Waals surface area contributed by atoms with Gasteiger partial charge >= 0.3 is 11.9 Å². The number of carbonyl (C=O) groups is 2. The number of fused-ring (bicyclic) bond motifs is 4. The Hall–Kier alpha value is -5.89. The molecule has 58 heavy (non-hydrogen) atoms. The average molecular weight is 843 g/mol. The third kappa shape index (κ3) is 7.72. The zero-order valence-electron chi connectivity index (χ0n) is 30.6. The van der Waals surface area contributed by atoms with Crippen LogP contribution in [0.4, 0.5) is 23.2 Å². The Morgan fingerprint density at radius 3 is 2.00 bits per heavy atom. The number of nitrogens with zero attached hydrogens (tertiary/aromatic N) is 1. The maximum Gasteiger partial charge on any atom is 0.343 e. The van der Waals surface area contributed by atoms with Gasteiger partial charge < -0.3 is 19.9 Å². The summed E-state index contributed by atoms with van der Waals surface area (Å²) in [5.74, 6) is -14.1. The molecule has 0 spiro atoms. The number of halogens is 4. The van der Waals surface area contributed by atoms with Gasteiger partial charge in [-0.3, -0.25) is 14.1 Å². The monoisotopic (exact) mass is 842 g/mol. The van der Waals surface area contributed by atoms with E-state index in [1.54, 1.807) is 33.8 Å². The molecule has 3 aliphatic heterocycles. The molecular formula is C39H30F4N2O11S2. The molecular weight excluding hydrogens is 813 g/mol. The number of ether oxygens (including phenoxy) is 2. The highest BCUT2D eigenvalue weighted by molar-refractivity contribution is 7.86. The van der Waals surface area contributed by atoms with E-state index in [0.29, 0.717) is 5.69 Å². The number of hydrogen-bond acceptors (Lipinski definition) is 10. The van der Waals surface area contributed by atoms with Crippen LogP contribution in [0.15, 0.2) is 65.7 Å². The summed E-state index contributed by atoms with van der Waals surface area (Å²) in [6, 6.07) is 8.83. The zero-order valence-corrected chi connectivity index (χ0v) is 32.2. The first-order valence-electron chi connectivity index (χ1n) is 17.0. The van der Waals surface area contributed by atoms with Crippen LogP contribution in [-0.2, 0) is 20.2 Å². The SMILES string of the molecule is CC1(C)C=C(CS(=O)(=O)O)c2cc3c(cc2=N1)Oc1cc2c(cc1C=3c1ccc(C(=O)Oc3c(F)c(F)cc(F)c3F)cc1C(=O)O)C(CS(=O)(=O)O)=CC(C)(C)N2. The van der Waals surface area contributed by atoms with Crippen molar-refractivity contribution in [3.63, 3.8) is 0 Å². The molecule has 13 nitrogen and oxygen atoms in total. The van der Waals surface area contributed by atoms with Crippen LogP contribution in [0.2, 0.25) is 0 Å². The predicted molar refractivity (Wildman–Crippen MR) is 201 cm³/mol. The summed E-state index contributed by atoms with van der Waals surface area (Å²) in [5.41, 5.74) is -1.72. The molecule has 0 saturated carbocycles. The fourth-order valence-electron chi connectivity index (χ4n) is 7.21. The molecule has 302 valence electrons. The van der Waals surface area contributed by atoms with Crippen molar-refractivity contribution >= 4 is 54.6 Å². The van der Waals surface area contributed by atoms with Gasteiger partial charge in [0.1, 0.15) is 23.0 Å². The summed E-state index contributed by atoms with van der Waals surface area (Å²) in [6.07, 6.45) is 3.11. The van der Waals surface area contributed by atoms with E-state index in [1.165, 1.54) is 30.3 Å². The van der Waals surface area contributed by atoms with Gasteiger partial charge in [0.25, 0.3) is 20.2 Å². The first-order chi connectivity index (χ1) is 26.8. The molecule has 3 heterocycles. The lowest BCUT2D eigenvalue weighted by molar-refractivity contribution is 0.0696. The molecule has 19 heteroatoms. The molecule has 0 radical (unpaired) electrons. The van der Waals surface area contributed by atoms with E-state index in [-0.39, 0.29) is 67.1 Å². The summed E-state index contributed by atoms with van der Waals surface area (Å²) in [5, 5.41) is 14.2. The molecule has 0 saturated heterocycles. The van der Waals surface area contributed by atoms with Crippen molar-refractivity contribution in [3.05, 3.63) is 128 Å². The van der Waals surface area contributed by atoms with E-state index in [0.717, 1.165) is 18.2 Å². The summed E-state index contributed by atoms with van der Waals surface area (Å²) in [6.45, 7) is 6.90. The Morgan fingerprint density at radius 1 is 0.776 bits per heavy atom. The van der Waals surface area contributed by atoms with Crippen molar-refractivity contribution in [1.82, 2.24) is 0 Å². The Labute approximate surface area is 327 Å². The molecule has 7 rings (SSSR count). The minimum Gasteiger partial charge on any atom is -0.478 e.